The fourth-order valence-corrected chi connectivity index (χ4v) is 3.21. The molecule has 28 heavy (non-hydrogen) atoms. The minimum Gasteiger partial charge on any atom is -0.367 e. The van der Waals surface area contributed by atoms with E-state index in [4.69, 9.17) is 4.74 Å². The predicted octanol–water partition coefficient (Wildman–Crippen LogP) is 4.49. The van der Waals surface area contributed by atoms with Crippen molar-refractivity contribution >= 4 is 5.91 Å². The summed E-state index contributed by atoms with van der Waals surface area (Å²) in [4.78, 5) is 14.6. The maximum Gasteiger partial charge on any atom is 0.248 e. The van der Waals surface area contributed by atoms with Gasteiger partial charge in [0.15, 0.2) is 0 Å². The molecule has 0 N–H and O–H groups in total. The Hall–Kier alpha value is -2.85. The van der Waals surface area contributed by atoms with Gasteiger partial charge >= 0.3 is 0 Å². The van der Waals surface area contributed by atoms with Crippen molar-refractivity contribution < 1.29 is 9.53 Å². The van der Waals surface area contributed by atoms with E-state index in [1.54, 1.807) is 0 Å². The Kier molecular flexibility index (Phi) is 7.44. The van der Waals surface area contributed by atoms with Crippen LogP contribution >= 0.6 is 0 Å². The normalized spacial score (nSPS) is 10.8. The molecule has 0 spiro atoms. The Balaban J connectivity index is 1.58. The van der Waals surface area contributed by atoms with Crippen LogP contribution in [0.2, 0.25) is 0 Å². The molecule has 0 aliphatic carbocycles. The van der Waals surface area contributed by atoms with Gasteiger partial charge in [0.25, 0.3) is 0 Å². The van der Waals surface area contributed by atoms with Crippen molar-refractivity contribution in [3.8, 4) is 0 Å². The first-order valence-electron chi connectivity index (χ1n) is 9.83. The van der Waals surface area contributed by atoms with E-state index < -0.39 is 0 Å². The largest absolute Gasteiger partial charge is 0.367 e. The molecular formula is C24H28N2O2. The number of ether oxygens (including phenoxy) is 1. The number of rotatable bonds is 10. The maximum atomic E-state index is 12.7. The summed E-state index contributed by atoms with van der Waals surface area (Å²) in [7, 11) is 0. The molecule has 4 heteroatoms. The summed E-state index contributed by atoms with van der Waals surface area (Å²) in [6.45, 7) is 4.78. The van der Waals surface area contributed by atoms with Crippen LogP contribution in [0.15, 0.2) is 79.0 Å². The fraction of sp³-hybridized carbons (Fsp3) is 0.292. The molecule has 3 aromatic rings. The summed E-state index contributed by atoms with van der Waals surface area (Å²) in [5.74, 6) is 0.0326. The lowest BCUT2D eigenvalue weighted by molar-refractivity contribution is -0.137. The molecule has 0 aliphatic rings. The number of nitrogens with zero attached hydrogens (tertiary/aromatic N) is 2. The average molecular weight is 377 g/mol. The Morgan fingerprint density at radius 1 is 0.929 bits per heavy atom. The first kappa shape index (κ1) is 19.9. The lowest BCUT2D eigenvalue weighted by Crippen LogP contribution is -2.35. The number of hydrogen-bond acceptors (Lipinski definition) is 2. The van der Waals surface area contributed by atoms with E-state index in [1.807, 2.05) is 47.4 Å². The van der Waals surface area contributed by atoms with Crippen LogP contribution in [-0.2, 0) is 29.2 Å². The monoisotopic (exact) mass is 376 g/mol. The first-order valence-corrected chi connectivity index (χ1v) is 9.83. The van der Waals surface area contributed by atoms with Crippen LogP contribution in [0.1, 0.15) is 30.2 Å². The number of carbonyl (C=O) groups excluding carboxylic acids is 1. The standard InChI is InChI=1S/C24H28N2O2/c1-2-15-26(24(27)20-28-19-22-12-7-4-8-13-22)18-23-14-9-16-25(23)17-21-10-5-3-6-11-21/h3-14,16H,2,15,17-20H2,1H3. The van der Waals surface area contributed by atoms with E-state index in [9.17, 15) is 4.79 Å². The first-order chi connectivity index (χ1) is 13.8. The van der Waals surface area contributed by atoms with Crippen LogP contribution in [0.5, 0.6) is 0 Å². The average Bonchev–Trinajstić information content (AvgIpc) is 3.16. The summed E-state index contributed by atoms with van der Waals surface area (Å²) < 4.78 is 7.86. The van der Waals surface area contributed by atoms with Crippen molar-refractivity contribution in [3.63, 3.8) is 0 Å². The van der Waals surface area contributed by atoms with Crippen molar-refractivity contribution in [2.24, 2.45) is 0 Å². The van der Waals surface area contributed by atoms with E-state index in [2.05, 4.69) is 48.0 Å². The summed E-state index contributed by atoms with van der Waals surface area (Å²) in [6.07, 6.45) is 2.99. The van der Waals surface area contributed by atoms with Gasteiger partial charge < -0.3 is 14.2 Å². The number of carbonyl (C=O) groups is 1. The third-order valence-electron chi connectivity index (χ3n) is 4.66. The minimum atomic E-state index is 0.0326. The molecule has 0 saturated heterocycles. The zero-order valence-electron chi connectivity index (χ0n) is 16.5. The van der Waals surface area contributed by atoms with E-state index in [0.717, 1.165) is 30.8 Å². The van der Waals surface area contributed by atoms with E-state index >= 15 is 0 Å². The molecule has 1 heterocycles. The van der Waals surface area contributed by atoms with Gasteiger partial charge in [-0.15, -0.1) is 0 Å². The lowest BCUT2D eigenvalue weighted by Gasteiger charge is -2.23. The van der Waals surface area contributed by atoms with Crippen LogP contribution < -0.4 is 0 Å². The number of aromatic nitrogens is 1. The SMILES string of the molecule is CCCN(Cc1cccn1Cc1ccccc1)C(=O)COCc1ccccc1. The Morgan fingerprint density at radius 3 is 2.29 bits per heavy atom. The summed E-state index contributed by atoms with van der Waals surface area (Å²) in [6, 6.07) is 24.4. The second kappa shape index (κ2) is 10.5. The highest BCUT2D eigenvalue weighted by molar-refractivity contribution is 5.77. The fourth-order valence-electron chi connectivity index (χ4n) is 3.21. The van der Waals surface area contributed by atoms with E-state index in [0.29, 0.717) is 13.2 Å². The Morgan fingerprint density at radius 2 is 1.61 bits per heavy atom. The topological polar surface area (TPSA) is 34.5 Å². The van der Waals surface area contributed by atoms with Gasteiger partial charge in [-0.1, -0.05) is 67.6 Å². The third-order valence-corrected chi connectivity index (χ3v) is 4.66. The highest BCUT2D eigenvalue weighted by atomic mass is 16.5. The molecule has 0 radical (unpaired) electrons. The molecule has 2 aromatic carbocycles. The smallest absolute Gasteiger partial charge is 0.248 e. The van der Waals surface area contributed by atoms with Gasteiger partial charge in [0.05, 0.1) is 13.2 Å². The Bertz CT molecular complexity index is 843. The van der Waals surface area contributed by atoms with Crippen LogP contribution in [0, 0.1) is 0 Å². The number of amides is 1. The molecule has 0 fully saturated rings. The van der Waals surface area contributed by atoms with Crippen molar-refractivity contribution in [2.75, 3.05) is 13.2 Å². The van der Waals surface area contributed by atoms with Gasteiger partial charge in [-0.3, -0.25) is 4.79 Å². The molecule has 3 rings (SSSR count). The lowest BCUT2D eigenvalue weighted by atomic mass is 10.2. The molecule has 0 bridgehead atoms. The van der Waals surface area contributed by atoms with Gasteiger partial charge in [0.2, 0.25) is 5.91 Å². The van der Waals surface area contributed by atoms with Crippen molar-refractivity contribution in [1.29, 1.82) is 0 Å². The van der Waals surface area contributed by atoms with Crippen molar-refractivity contribution in [3.05, 3.63) is 95.8 Å². The Labute approximate surface area is 167 Å². The highest BCUT2D eigenvalue weighted by Gasteiger charge is 2.15. The second-order valence-electron chi connectivity index (χ2n) is 6.91. The zero-order valence-corrected chi connectivity index (χ0v) is 16.5. The molecular weight excluding hydrogens is 348 g/mol. The number of benzene rings is 2. The van der Waals surface area contributed by atoms with Gasteiger partial charge in [0, 0.05) is 25.0 Å². The van der Waals surface area contributed by atoms with Gasteiger partial charge in [-0.25, -0.2) is 0 Å². The number of hydrogen-bond donors (Lipinski definition) is 0. The molecule has 0 unspecified atom stereocenters. The molecule has 0 atom stereocenters. The molecule has 1 amide bonds. The summed E-state index contributed by atoms with van der Waals surface area (Å²) >= 11 is 0. The summed E-state index contributed by atoms with van der Waals surface area (Å²) in [5.41, 5.74) is 3.46. The predicted molar refractivity (Wildman–Crippen MR) is 112 cm³/mol. The third kappa shape index (κ3) is 5.83. The van der Waals surface area contributed by atoms with Crippen molar-refractivity contribution in [1.82, 2.24) is 9.47 Å². The second-order valence-corrected chi connectivity index (χ2v) is 6.91. The van der Waals surface area contributed by atoms with Crippen molar-refractivity contribution in [2.45, 2.75) is 33.0 Å². The van der Waals surface area contributed by atoms with E-state index in [-0.39, 0.29) is 12.5 Å². The van der Waals surface area contributed by atoms with Crippen LogP contribution in [0.3, 0.4) is 0 Å². The molecule has 4 nitrogen and oxygen atoms in total. The quantitative estimate of drug-likeness (QED) is 0.522. The minimum absolute atomic E-state index is 0.0326. The highest BCUT2D eigenvalue weighted by Crippen LogP contribution is 2.12. The van der Waals surface area contributed by atoms with Gasteiger partial charge in [-0.05, 0) is 29.7 Å². The zero-order chi connectivity index (χ0) is 19.6. The molecule has 0 saturated carbocycles. The maximum absolute atomic E-state index is 12.7. The molecule has 1 aromatic heterocycles. The van der Waals surface area contributed by atoms with Crippen LogP contribution in [-0.4, -0.2) is 28.5 Å². The molecule has 146 valence electrons. The van der Waals surface area contributed by atoms with E-state index in [1.165, 1.54) is 5.56 Å². The van der Waals surface area contributed by atoms with Gasteiger partial charge in [0.1, 0.15) is 6.61 Å². The van der Waals surface area contributed by atoms with Gasteiger partial charge in [-0.2, -0.15) is 0 Å². The van der Waals surface area contributed by atoms with Crippen LogP contribution in [0.25, 0.3) is 0 Å². The van der Waals surface area contributed by atoms with Crippen LogP contribution in [0.4, 0.5) is 0 Å². The summed E-state index contributed by atoms with van der Waals surface area (Å²) in [5, 5.41) is 0. The molecule has 0 aliphatic heterocycles.